The van der Waals surface area contributed by atoms with Gasteiger partial charge in [0.15, 0.2) is 0 Å². The number of nitrogens with zero attached hydrogens (tertiary/aromatic N) is 1. The van der Waals surface area contributed by atoms with Crippen LogP contribution >= 0.6 is 0 Å². The molecule has 1 rings (SSSR count). The summed E-state index contributed by atoms with van der Waals surface area (Å²) in [5, 5.41) is 2.81. The van der Waals surface area contributed by atoms with Gasteiger partial charge in [0.2, 0.25) is 5.91 Å². The van der Waals surface area contributed by atoms with Gasteiger partial charge in [-0.25, -0.2) is 0 Å². The number of aromatic nitrogens is 1. The molecule has 0 fully saturated rings. The number of amides is 1. The Labute approximate surface area is 96.3 Å². The first-order chi connectivity index (χ1) is 7.61. The van der Waals surface area contributed by atoms with E-state index in [2.05, 4.69) is 10.3 Å². The minimum Gasteiger partial charge on any atom is -0.354 e. The van der Waals surface area contributed by atoms with E-state index in [1.807, 2.05) is 32.0 Å². The third-order valence-corrected chi connectivity index (χ3v) is 2.43. The number of rotatable bonds is 5. The molecule has 0 aliphatic rings. The van der Waals surface area contributed by atoms with Crippen molar-refractivity contribution in [2.24, 2.45) is 11.7 Å². The van der Waals surface area contributed by atoms with Crippen molar-refractivity contribution in [1.29, 1.82) is 0 Å². The lowest BCUT2D eigenvalue weighted by Crippen LogP contribution is -2.44. The molecule has 1 aromatic rings. The summed E-state index contributed by atoms with van der Waals surface area (Å²) in [6.07, 6.45) is 2.48. The number of hydrogen-bond acceptors (Lipinski definition) is 3. The van der Waals surface area contributed by atoms with E-state index < -0.39 is 6.04 Å². The van der Waals surface area contributed by atoms with E-state index in [1.165, 1.54) is 0 Å². The van der Waals surface area contributed by atoms with Crippen LogP contribution in [0.4, 0.5) is 0 Å². The zero-order chi connectivity index (χ0) is 12.0. The number of pyridine rings is 1. The lowest BCUT2D eigenvalue weighted by molar-refractivity contribution is -0.123. The molecule has 0 saturated heterocycles. The Balaban J connectivity index is 2.28. The second-order valence-corrected chi connectivity index (χ2v) is 4.13. The highest BCUT2D eigenvalue weighted by Crippen LogP contribution is 1.98. The summed E-state index contributed by atoms with van der Waals surface area (Å²) in [6, 6.07) is 5.32. The number of nitrogens with two attached hydrogens (primary N) is 1. The number of carbonyl (C=O) groups excluding carboxylic acids is 1. The molecule has 16 heavy (non-hydrogen) atoms. The Morgan fingerprint density at radius 2 is 2.25 bits per heavy atom. The molecule has 0 aliphatic carbocycles. The largest absolute Gasteiger partial charge is 0.354 e. The van der Waals surface area contributed by atoms with Crippen molar-refractivity contribution in [1.82, 2.24) is 10.3 Å². The molecule has 0 saturated carbocycles. The van der Waals surface area contributed by atoms with Gasteiger partial charge in [0.25, 0.3) is 0 Å². The van der Waals surface area contributed by atoms with Crippen LogP contribution in [-0.2, 0) is 11.2 Å². The minimum atomic E-state index is -0.427. The monoisotopic (exact) mass is 221 g/mol. The van der Waals surface area contributed by atoms with E-state index >= 15 is 0 Å². The van der Waals surface area contributed by atoms with Gasteiger partial charge in [-0.05, 0) is 18.1 Å². The SMILES string of the molecule is CC(C)[C@@H](N)C(=O)NCCc1ccccn1. The fraction of sp³-hybridized carbons (Fsp3) is 0.500. The summed E-state index contributed by atoms with van der Waals surface area (Å²) in [6.45, 7) is 4.45. The molecule has 3 N–H and O–H groups in total. The highest BCUT2D eigenvalue weighted by atomic mass is 16.2. The zero-order valence-corrected chi connectivity index (χ0v) is 9.81. The van der Waals surface area contributed by atoms with Crippen LogP contribution in [0.5, 0.6) is 0 Å². The number of nitrogens with one attached hydrogen (secondary N) is 1. The molecule has 88 valence electrons. The summed E-state index contributed by atoms with van der Waals surface area (Å²) in [7, 11) is 0. The van der Waals surface area contributed by atoms with Crippen molar-refractivity contribution >= 4 is 5.91 Å². The van der Waals surface area contributed by atoms with Gasteiger partial charge in [-0.3, -0.25) is 9.78 Å². The average Bonchev–Trinajstić information content (AvgIpc) is 2.29. The van der Waals surface area contributed by atoms with Crippen LogP contribution in [0.1, 0.15) is 19.5 Å². The van der Waals surface area contributed by atoms with Crippen molar-refractivity contribution < 1.29 is 4.79 Å². The molecule has 0 radical (unpaired) electrons. The van der Waals surface area contributed by atoms with Crippen LogP contribution in [0.25, 0.3) is 0 Å². The molecular weight excluding hydrogens is 202 g/mol. The highest BCUT2D eigenvalue weighted by Gasteiger charge is 2.16. The van der Waals surface area contributed by atoms with E-state index in [1.54, 1.807) is 6.20 Å². The maximum atomic E-state index is 11.5. The second kappa shape index (κ2) is 6.23. The summed E-state index contributed by atoms with van der Waals surface area (Å²) < 4.78 is 0. The van der Waals surface area contributed by atoms with Crippen LogP contribution < -0.4 is 11.1 Å². The molecular formula is C12H19N3O. The summed E-state index contributed by atoms with van der Waals surface area (Å²) in [4.78, 5) is 15.7. The van der Waals surface area contributed by atoms with Crippen molar-refractivity contribution in [2.45, 2.75) is 26.3 Å². The minimum absolute atomic E-state index is 0.0917. The molecule has 0 bridgehead atoms. The van der Waals surface area contributed by atoms with Gasteiger partial charge in [-0.1, -0.05) is 19.9 Å². The number of hydrogen-bond donors (Lipinski definition) is 2. The molecule has 4 nitrogen and oxygen atoms in total. The van der Waals surface area contributed by atoms with Crippen molar-refractivity contribution in [3.05, 3.63) is 30.1 Å². The van der Waals surface area contributed by atoms with Gasteiger partial charge < -0.3 is 11.1 Å². The van der Waals surface area contributed by atoms with E-state index in [0.29, 0.717) is 6.54 Å². The lowest BCUT2D eigenvalue weighted by Gasteiger charge is -2.14. The molecule has 1 aromatic heterocycles. The molecule has 0 unspecified atom stereocenters. The van der Waals surface area contributed by atoms with E-state index in [0.717, 1.165) is 12.1 Å². The van der Waals surface area contributed by atoms with E-state index in [-0.39, 0.29) is 11.8 Å². The van der Waals surface area contributed by atoms with Crippen molar-refractivity contribution in [2.75, 3.05) is 6.54 Å². The highest BCUT2D eigenvalue weighted by molar-refractivity contribution is 5.81. The lowest BCUT2D eigenvalue weighted by atomic mass is 10.1. The fourth-order valence-electron chi connectivity index (χ4n) is 1.28. The van der Waals surface area contributed by atoms with Gasteiger partial charge in [-0.2, -0.15) is 0 Å². The van der Waals surface area contributed by atoms with Crippen LogP contribution in [0.2, 0.25) is 0 Å². The third kappa shape index (κ3) is 3.98. The molecule has 1 atom stereocenters. The van der Waals surface area contributed by atoms with Crippen molar-refractivity contribution in [3.8, 4) is 0 Å². The Kier molecular flexibility index (Phi) is 4.92. The first-order valence-corrected chi connectivity index (χ1v) is 5.54. The smallest absolute Gasteiger partial charge is 0.237 e. The standard InChI is InChI=1S/C12H19N3O/c1-9(2)11(13)12(16)15-8-6-10-5-3-4-7-14-10/h3-5,7,9,11H,6,8,13H2,1-2H3,(H,15,16)/t11-/m1/s1. The normalized spacial score (nSPS) is 12.5. The van der Waals surface area contributed by atoms with Crippen molar-refractivity contribution in [3.63, 3.8) is 0 Å². The number of carbonyl (C=O) groups is 1. The van der Waals surface area contributed by atoms with E-state index in [4.69, 9.17) is 5.73 Å². The maximum Gasteiger partial charge on any atom is 0.237 e. The van der Waals surface area contributed by atoms with Crippen LogP contribution in [0.3, 0.4) is 0 Å². The molecule has 0 aliphatic heterocycles. The molecule has 4 heteroatoms. The topological polar surface area (TPSA) is 68.0 Å². The summed E-state index contributed by atoms with van der Waals surface area (Å²) in [5.74, 6) is 0.0702. The van der Waals surface area contributed by atoms with Gasteiger partial charge in [0.05, 0.1) is 6.04 Å². The molecule has 0 aromatic carbocycles. The van der Waals surface area contributed by atoms with Gasteiger partial charge in [-0.15, -0.1) is 0 Å². The van der Waals surface area contributed by atoms with E-state index in [9.17, 15) is 4.79 Å². The first-order valence-electron chi connectivity index (χ1n) is 5.54. The average molecular weight is 221 g/mol. The van der Waals surface area contributed by atoms with Crippen LogP contribution in [-0.4, -0.2) is 23.5 Å². The second-order valence-electron chi connectivity index (χ2n) is 4.13. The van der Waals surface area contributed by atoms with Gasteiger partial charge >= 0.3 is 0 Å². The maximum absolute atomic E-state index is 11.5. The molecule has 1 amide bonds. The Bertz CT molecular complexity index is 324. The Morgan fingerprint density at radius 1 is 1.50 bits per heavy atom. The first kappa shape index (κ1) is 12.6. The summed E-state index contributed by atoms with van der Waals surface area (Å²) in [5.41, 5.74) is 6.68. The zero-order valence-electron chi connectivity index (χ0n) is 9.81. The van der Waals surface area contributed by atoms with Crippen LogP contribution in [0.15, 0.2) is 24.4 Å². The van der Waals surface area contributed by atoms with Crippen LogP contribution in [0, 0.1) is 5.92 Å². The third-order valence-electron chi connectivity index (χ3n) is 2.43. The predicted molar refractivity (Wildman–Crippen MR) is 63.8 cm³/mol. The predicted octanol–water partition coefficient (Wildman–Crippen LogP) is 0.724. The Morgan fingerprint density at radius 3 is 2.81 bits per heavy atom. The molecule has 0 spiro atoms. The molecule has 1 heterocycles. The Hall–Kier alpha value is -1.42. The van der Waals surface area contributed by atoms with Gasteiger partial charge in [0.1, 0.15) is 0 Å². The fourth-order valence-corrected chi connectivity index (χ4v) is 1.28. The van der Waals surface area contributed by atoms with Gasteiger partial charge in [0, 0.05) is 24.9 Å². The quantitative estimate of drug-likeness (QED) is 0.770. The summed E-state index contributed by atoms with van der Waals surface area (Å²) >= 11 is 0.